The fourth-order valence-corrected chi connectivity index (χ4v) is 4.78. The molecule has 0 amide bonds. The minimum absolute atomic E-state index is 0.225. The lowest BCUT2D eigenvalue weighted by Gasteiger charge is -2.08. The minimum atomic E-state index is -3.69. The molecule has 0 radical (unpaired) electrons. The van der Waals surface area contributed by atoms with Gasteiger partial charge in [0, 0.05) is 20.7 Å². The highest BCUT2D eigenvalue weighted by molar-refractivity contribution is 14.1. The lowest BCUT2D eigenvalue weighted by atomic mass is 10.1. The highest BCUT2D eigenvalue weighted by Gasteiger charge is 2.21. The van der Waals surface area contributed by atoms with Gasteiger partial charge in [0.1, 0.15) is 0 Å². The van der Waals surface area contributed by atoms with Crippen LogP contribution in [0.3, 0.4) is 0 Å². The third-order valence-electron chi connectivity index (χ3n) is 3.49. The van der Waals surface area contributed by atoms with E-state index in [1.807, 2.05) is 29.5 Å². The Morgan fingerprint density at radius 1 is 1.09 bits per heavy atom. The predicted octanol–water partition coefficient (Wildman–Crippen LogP) is 3.60. The molecule has 0 atom stereocenters. The number of nitrogens with zero attached hydrogens (tertiary/aromatic N) is 1. The molecule has 1 heterocycles. The van der Waals surface area contributed by atoms with E-state index >= 15 is 0 Å². The Balaban J connectivity index is 2.30. The van der Waals surface area contributed by atoms with Crippen molar-refractivity contribution in [3.8, 4) is 0 Å². The Kier molecular flexibility index (Phi) is 3.82. The molecule has 6 heteroatoms. The van der Waals surface area contributed by atoms with E-state index in [0.29, 0.717) is 16.5 Å². The molecular weight excluding hydrogens is 413 g/mol. The van der Waals surface area contributed by atoms with Gasteiger partial charge in [0.25, 0.3) is 10.0 Å². The highest BCUT2D eigenvalue weighted by atomic mass is 127. The van der Waals surface area contributed by atoms with Crippen molar-refractivity contribution in [1.29, 1.82) is 0 Å². The monoisotopic (exact) mass is 425 g/mol. The summed E-state index contributed by atoms with van der Waals surface area (Å²) in [6.07, 6.45) is 2.29. The molecular formula is C16H12INO3S. The van der Waals surface area contributed by atoms with Gasteiger partial charge in [-0.1, -0.05) is 29.8 Å². The van der Waals surface area contributed by atoms with Gasteiger partial charge >= 0.3 is 0 Å². The number of hydrogen-bond donors (Lipinski definition) is 0. The van der Waals surface area contributed by atoms with E-state index < -0.39 is 10.0 Å². The number of halogens is 1. The van der Waals surface area contributed by atoms with Crippen molar-refractivity contribution >= 4 is 49.8 Å². The Morgan fingerprint density at radius 2 is 1.77 bits per heavy atom. The number of aromatic nitrogens is 1. The molecule has 22 heavy (non-hydrogen) atoms. The van der Waals surface area contributed by atoms with Crippen LogP contribution in [0.4, 0.5) is 0 Å². The second-order valence-corrected chi connectivity index (χ2v) is 7.93. The maximum absolute atomic E-state index is 12.8. The lowest BCUT2D eigenvalue weighted by Crippen LogP contribution is -2.11. The largest absolute Gasteiger partial charge is 0.298 e. The topological polar surface area (TPSA) is 56.1 Å². The second-order valence-electron chi connectivity index (χ2n) is 4.95. The number of aldehydes is 1. The van der Waals surface area contributed by atoms with E-state index in [0.717, 1.165) is 15.4 Å². The van der Waals surface area contributed by atoms with Gasteiger partial charge in [-0.15, -0.1) is 0 Å². The average Bonchev–Trinajstić information content (AvgIpc) is 2.86. The Labute approximate surface area is 142 Å². The summed E-state index contributed by atoms with van der Waals surface area (Å²) in [5, 5.41) is 0.661. The van der Waals surface area contributed by atoms with Crippen molar-refractivity contribution in [3.63, 3.8) is 0 Å². The number of carbonyl (C=O) groups is 1. The van der Waals surface area contributed by atoms with Crippen molar-refractivity contribution in [2.75, 3.05) is 0 Å². The zero-order valence-electron chi connectivity index (χ0n) is 11.7. The van der Waals surface area contributed by atoms with Gasteiger partial charge in [0.15, 0.2) is 6.29 Å². The van der Waals surface area contributed by atoms with Crippen LogP contribution in [0.5, 0.6) is 0 Å². The van der Waals surface area contributed by atoms with E-state index in [1.165, 1.54) is 3.97 Å². The average molecular weight is 425 g/mol. The van der Waals surface area contributed by atoms with Crippen LogP contribution in [-0.2, 0) is 10.0 Å². The smallest absolute Gasteiger partial charge is 0.268 e. The van der Waals surface area contributed by atoms with Crippen LogP contribution < -0.4 is 0 Å². The first-order valence-electron chi connectivity index (χ1n) is 6.52. The molecule has 112 valence electrons. The normalized spacial score (nSPS) is 11.7. The van der Waals surface area contributed by atoms with Gasteiger partial charge in [-0.2, -0.15) is 0 Å². The standard InChI is InChI=1S/C16H12INO3S/c1-11-5-7-13(8-6-11)22(20,21)18-9-14(17)16-12(10-19)3-2-4-15(16)18/h2-10H,1H3. The molecule has 0 N–H and O–H groups in total. The van der Waals surface area contributed by atoms with Gasteiger partial charge in [0.05, 0.1) is 10.4 Å². The van der Waals surface area contributed by atoms with Crippen LogP contribution in [0.2, 0.25) is 0 Å². The zero-order chi connectivity index (χ0) is 15.9. The maximum Gasteiger partial charge on any atom is 0.268 e. The Morgan fingerprint density at radius 3 is 2.41 bits per heavy atom. The fraction of sp³-hybridized carbons (Fsp3) is 0.0625. The highest BCUT2D eigenvalue weighted by Crippen LogP contribution is 2.29. The summed E-state index contributed by atoms with van der Waals surface area (Å²) in [5.41, 5.74) is 1.99. The molecule has 0 aliphatic heterocycles. The lowest BCUT2D eigenvalue weighted by molar-refractivity contribution is 0.112. The SMILES string of the molecule is Cc1ccc(S(=O)(=O)n2cc(I)c3c(C=O)cccc32)cc1. The minimum Gasteiger partial charge on any atom is -0.298 e. The van der Waals surface area contributed by atoms with Gasteiger partial charge in [0.2, 0.25) is 0 Å². The number of rotatable bonds is 3. The first-order chi connectivity index (χ1) is 10.4. The maximum atomic E-state index is 12.8. The number of carbonyl (C=O) groups excluding carboxylic acids is 1. The molecule has 0 saturated carbocycles. The Hall–Kier alpha value is -1.67. The molecule has 0 saturated heterocycles. The first-order valence-corrected chi connectivity index (χ1v) is 9.04. The molecule has 3 rings (SSSR count). The summed E-state index contributed by atoms with van der Waals surface area (Å²) in [6.45, 7) is 1.90. The zero-order valence-corrected chi connectivity index (χ0v) is 14.6. The fourth-order valence-electron chi connectivity index (χ4n) is 2.36. The molecule has 0 aliphatic rings. The second kappa shape index (κ2) is 5.51. The van der Waals surface area contributed by atoms with Gasteiger partial charge < -0.3 is 0 Å². The molecule has 4 nitrogen and oxygen atoms in total. The molecule has 0 unspecified atom stereocenters. The molecule has 2 aromatic carbocycles. The molecule has 0 aliphatic carbocycles. The van der Waals surface area contributed by atoms with Crippen molar-refractivity contribution in [2.24, 2.45) is 0 Å². The van der Waals surface area contributed by atoms with Crippen LogP contribution in [0.1, 0.15) is 15.9 Å². The van der Waals surface area contributed by atoms with Gasteiger partial charge in [-0.25, -0.2) is 12.4 Å². The molecule has 0 spiro atoms. The molecule has 3 aromatic rings. The summed E-state index contributed by atoms with van der Waals surface area (Å²) in [7, 11) is -3.69. The predicted molar refractivity (Wildman–Crippen MR) is 93.8 cm³/mol. The van der Waals surface area contributed by atoms with Crippen LogP contribution >= 0.6 is 22.6 Å². The first kappa shape index (κ1) is 15.2. The third-order valence-corrected chi connectivity index (χ3v) is 5.99. The van der Waals surface area contributed by atoms with E-state index in [-0.39, 0.29) is 4.90 Å². The number of benzene rings is 2. The van der Waals surface area contributed by atoms with Crippen LogP contribution in [0, 0.1) is 10.5 Å². The van der Waals surface area contributed by atoms with Gasteiger partial charge in [-0.3, -0.25) is 4.79 Å². The van der Waals surface area contributed by atoms with Crippen LogP contribution in [0.15, 0.2) is 53.6 Å². The summed E-state index contributed by atoms with van der Waals surface area (Å²) < 4.78 is 27.7. The number of fused-ring (bicyclic) bond motifs is 1. The van der Waals surface area contributed by atoms with Crippen molar-refractivity contribution < 1.29 is 13.2 Å². The molecule has 1 aromatic heterocycles. The van der Waals surface area contributed by atoms with E-state index in [1.54, 1.807) is 48.7 Å². The van der Waals surface area contributed by atoms with Crippen molar-refractivity contribution in [3.05, 3.63) is 63.4 Å². The number of hydrogen-bond acceptors (Lipinski definition) is 3. The third kappa shape index (κ3) is 2.36. The summed E-state index contributed by atoms with van der Waals surface area (Å²) in [6, 6.07) is 11.8. The summed E-state index contributed by atoms with van der Waals surface area (Å²) >= 11 is 2.05. The van der Waals surface area contributed by atoms with E-state index in [4.69, 9.17) is 0 Å². The Bertz CT molecular complexity index is 973. The van der Waals surface area contributed by atoms with Crippen LogP contribution in [0.25, 0.3) is 10.9 Å². The quantitative estimate of drug-likeness (QED) is 0.476. The summed E-state index contributed by atoms with van der Waals surface area (Å²) in [4.78, 5) is 11.4. The van der Waals surface area contributed by atoms with E-state index in [9.17, 15) is 13.2 Å². The van der Waals surface area contributed by atoms with Crippen molar-refractivity contribution in [2.45, 2.75) is 11.8 Å². The molecule has 0 fully saturated rings. The van der Waals surface area contributed by atoms with Crippen molar-refractivity contribution in [1.82, 2.24) is 3.97 Å². The summed E-state index contributed by atoms with van der Waals surface area (Å²) in [5.74, 6) is 0. The molecule has 0 bridgehead atoms. The van der Waals surface area contributed by atoms with Crippen LogP contribution in [-0.4, -0.2) is 18.7 Å². The number of aryl methyl sites for hydroxylation is 1. The van der Waals surface area contributed by atoms with E-state index in [2.05, 4.69) is 0 Å². The van der Waals surface area contributed by atoms with Gasteiger partial charge in [-0.05, 0) is 47.7 Å².